The van der Waals surface area contributed by atoms with Gasteiger partial charge in [-0.15, -0.1) is 0 Å². The molecule has 178 valence electrons. The Morgan fingerprint density at radius 2 is 2.21 bits per heavy atom. The van der Waals surface area contributed by atoms with E-state index in [9.17, 15) is 24.5 Å². The minimum Gasteiger partial charge on any atom is -0.475 e. The summed E-state index contributed by atoms with van der Waals surface area (Å²) >= 11 is 0. The highest BCUT2D eigenvalue weighted by atomic mass is 31.2. The molecule has 0 aliphatic carbocycles. The predicted molar refractivity (Wildman–Crippen MR) is 104 cm³/mol. The predicted octanol–water partition coefficient (Wildman–Crippen LogP) is 0.265. The van der Waals surface area contributed by atoms with E-state index in [1.165, 1.54) is 24.1 Å². The fourth-order valence-electron chi connectivity index (χ4n) is 2.84. The van der Waals surface area contributed by atoms with E-state index >= 15 is 0 Å². The summed E-state index contributed by atoms with van der Waals surface area (Å²) in [5.41, 5.74) is 5.24. The molecule has 1 aliphatic rings. The molecule has 1 aliphatic heterocycles. The summed E-state index contributed by atoms with van der Waals surface area (Å²) in [6, 6.07) is 0. The SMILES string of the molecule is CCOC(O)=C([N+]#N)C(=O)OOP(=O)(O)OC[C@@H]1C[C@@H](O)[C@H](n2cnc3c(N)ncnc32)O1. The monoisotopic (exact) mass is 488 g/mol. The molecule has 5 N–H and O–H groups in total. The molecular formula is C15H19N7O10P+. The number of nitrogens with two attached hydrogens (primary N) is 1. The Labute approximate surface area is 184 Å². The van der Waals surface area contributed by atoms with Gasteiger partial charge in [0.15, 0.2) is 22.7 Å². The van der Waals surface area contributed by atoms with Crippen LogP contribution in [-0.2, 0) is 32.9 Å². The van der Waals surface area contributed by atoms with Crippen molar-refractivity contribution in [1.82, 2.24) is 19.5 Å². The lowest BCUT2D eigenvalue weighted by molar-refractivity contribution is -0.219. The van der Waals surface area contributed by atoms with Crippen LogP contribution in [0.15, 0.2) is 24.3 Å². The zero-order chi connectivity index (χ0) is 24.2. The second-order valence-corrected chi connectivity index (χ2v) is 7.78. The molecule has 1 unspecified atom stereocenters. The number of diazo groups is 1. The second kappa shape index (κ2) is 10.0. The maximum atomic E-state index is 12.0. The van der Waals surface area contributed by atoms with Gasteiger partial charge in [-0.25, -0.2) is 24.3 Å². The van der Waals surface area contributed by atoms with Crippen LogP contribution in [0, 0.1) is 5.39 Å². The van der Waals surface area contributed by atoms with Crippen molar-refractivity contribution in [3.8, 4) is 0 Å². The van der Waals surface area contributed by atoms with Crippen LogP contribution in [0.5, 0.6) is 0 Å². The zero-order valence-corrected chi connectivity index (χ0v) is 17.8. The fourth-order valence-corrected chi connectivity index (χ4v) is 3.40. The van der Waals surface area contributed by atoms with Gasteiger partial charge in [0, 0.05) is 6.42 Å². The van der Waals surface area contributed by atoms with Crippen molar-refractivity contribution in [2.45, 2.75) is 31.8 Å². The van der Waals surface area contributed by atoms with Gasteiger partial charge in [-0.3, -0.25) is 14.0 Å². The molecule has 18 heteroatoms. The van der Waals surface area contributed by atoms with Crippen molar-refractivity contribution in [3.63, 3.8) is 0 Å². The van der Waals surface area contributed by atoms with Gasteiger partial charge < -0.3 is 30.3 Å². The number of imidazole rings is 1. The molecule has 1 saturated heterocycles. The quantitative estimate of drug-likeness (QED) is 0.0924. The average molecular weight is 488 g/mol. The highest BCUT2D eigenvalue weighted by Gasteiger charge is 2.40. The van der Waals surface area contributed by atoms with E-state index in [1.54, 1.807) is 0 Å². The number of nitrogen functional groups attached to an aromatic ring is 1. The number of nitrogens with zero attached hydrogens (tertiary/aromatic N) is 6. The van der Waals surface area contributed by atoms with Crippen molar-refractivity contribution in [2.75, 3.05) is 18.9 Å². The summed E-state index contributed by atoms with van der Waals surface area (Å²) < 4.78 is 32.3. The maximum Gasteiger partial charge on any atom is 0.550 e. The fraction of sp³-hybridized carbons (Fsp3) is 0.467. The topological polar surface area (TPSA) is 239 Å². The highest BCUT2D eigenvalue weighted by molar-refractivity contribution is 7.47. The molecule has 1 fully saturated rings. The van der Waals surface area contributed by atoms with E-state index in [2.05, 4.69) is 34.2 Å². The smallest absolute Gasteiger partial charge is 0.475 e. The molecule has 0 radical (unpaired) electrons. The van der Waals surface area contributed by atoms with Gasteiger partial charge in [0.05, 0.1) is 25.6 Å². The number of aromatic nitrogens is 4. The summed E-state index contributed by atoms with van der Waals surface area (Å²) in [6.07, 6.45) is -0.298. The highest BCUT2D eigenvalue weighted by Crippen LogP contribution is 2.45. The Morgan fingerprint density at radius 1 is 1.45 bits per heavy atom. The first kappa shape index (κ1) is 24.3. The maximum absolute atomic E-state index is 12.0. The second-order valence-electron chi connectivity index (χ2n) is 6.43. The van der Waals surface area contributed by atoms with Gasteiger partial charge in [0.25, 0.3) is 0 Å². The number of anilines is 1. The molecule has 0 amide bonds. The van der Waals surface area contributed by atoms with Gasteiger partial charge in [0.1, 0.15) is 17.9 Å². The van der Waals surface area contributed by atoms with Gasteiger partial charge in [-0.2, -0.15) is 0 Å². The molecule has 0 bridgehead atoms. The number of carbonyl (C=O) groups excluding carboxylic acids is 1. The van der Waals surface area contributed by atoms with E-state index in [1.807, 2.05) is 0 Å². The van der Waals surface area contributed by atoms with Crippen molar-refractivity contribution in [2.24, 2.45) is 0 Å². The Balaban J connectivity index is 1.57. The van der Waals surface area contributed by atoms with Crippen LogP contribution in [0.1, 0.15) is 19.6 Å². The van der Waals surface area contributed by atoms with Crippen molar-refractivity contribution < 1.29 is 48.0 Å². The van der Waals surface area contributed by atoms with Gasteiger partial charge in [-0.1, -0.05) is 4.67 Å². The van der Waals surface area contributed by atoms with Crippen molar-refractivity contribution in [3.05, 3.63) is 29.3 Å². The first-order valence-electron chi connectivity index (χ1n) is 9.22. The number of hydrogen-bond donors (Lipinski definition) is 4. The van der Waals surface area contributed by atoms with Gasteiger partial charge >= 0.3 is 25.4 Å². The van der Waals surface area contributed by atoms with E-state index in [-0.39, 0.29) is 18.8 Å². The lowest BCUT2D eigenvalue weighted by Gasteiger charge is -2.17. The Hall–Kier alpha value is -3.39. The Kier molecular flexibility index (Phi) is 7.38. The summed E-state index contributed by atoms with van der Waals surface area (Å²) in [5, 5.41) is 28.5. The number of fused-ring (bicyclic) bond motifs is 1. The molecule has 2 aromatic rings. The summed E-state index contributed by atoms with van der Waals surface area (Å²) in [7, 11) is -4.97. The van der Waals surface area contributed by atoms with E-state index in [4.69, 9.17) is 20.4 Å². The number of aliphatic hydroxyl groups excluding tert-OH is 2. The number of phosphoric ester groups is 1. The number of rotatable bonds is 9. The molecule has 4 atom stereocenters. The standard InChI is InChI=1S/C15H18N7O10P/c1-2-28-14(24)10(21-17)15(25)31-32-33(26,27)29-4-7-3-8(23)13(30-7)22-6-20-9-11(16)18-5-19-12(9)22/h5-8,13,23H,2-4H2,1H3,(H3-,16,18,19,24,25,26,27)/p+1/t7-,8+,13+/m0/s1. The van der Waals surface area contributed by atoms with E-state index < -0.39 is 50.5 Å². The molecule has 33 heavy (non-hydrogen) atoms. The van der Waals surface area contributed by atoms with Gasteiger partial charge in [-0.05, 0) is 6.92 Å². The van der Waals surface area contributed by atoms with Crippen LogP contribution < -0.4 is 5.73 Å². The molecule has 0 aromatic carbocycles. The normalized spacial score (nSPS) is 22.9. The van der Waals surface area contributed by atoms with Gasteiger partial charge in [0.2, 0.25) is 5.39 Å². The number of ether oxygens (including phenoxy) is 2. The summed E-state index contributed by atoms with van der Waals surface area (Å²) in [4.78, 5) is 39.8. The van der Waals surface area contributed by atoms with Crippen LogP contribution in [0.2, 0.25) is 0 Å². The first-order chi connectivity index (χ1) is 15.7. The van der Waals surface area contributed by atoms with Crippen molar-refractivity contribution in [1.29, 1.82) is 5.39 Å². The van der Waals surface area contributed by atoms with Crippen LogP contribution in [-0.4, -0.2) is 66.0 Å². The minimum absolute atomic E-state index is 0.00318. The molecule has 3 rings (SSSR count). The molecule has 0 saturated carbocycles. The lowest BCUT2D eigenvalue weighted by atomic mass is 10.2. The van der Waals surface area contributed by atoms with E-state index in [0.717, 1.165) is 0 Å². The molecular weight excluding hydrogens is 469 g/mol. The number of aliphatic hydroxyl groups is 2. The van der Waals surface area contributed by atoms with Crippen LogP contribution in [0.4, 0.5) is 5.82 Å². The third kappa shape index (κ3) is 5.51. The summed E-state index contributed by atoms with van der Waals surface area (Å²) in [5.74, 6) is -2.59. The Bertz CT molecular complexity index is 1150. The largest absolute Gasteiger partial charge is 0.550 e. The third-order valence-electron chi connectivity index (χ3n) is 4.23. The van der Waals surface area contributed by atoms with E-state index in [0.29, 0.717) is 11.2 Å². The van der Waals surface area contributed by atoms with Crippen LogP contribution >= 0.6 is 7.82 Å². The number of carbonyl (C=O) groups is 1. The molecule has 17 nitrogen and oxygen atoms in total. The van der Waals surface area contributed by atoms with Crippen LogP contribution in [0.25, 0.3) is 16.1 Å². The Morgan fingerprint density at radius 3 is 2.91 bits per heavy atom. The van der Waals surface area contributed by atoms with Crippen LogP contribution in [0.3, 0.4) is 0 Å². The number of phosphoric acid groups is 1. The average Bonchev–Trinajstić information content (AvgIpc) is 3.35. The third-order valence-corrected chi connectivity index (χ3v) is 4.97. The number of hydrogen-bond acceptors (Lipinski definition) is 14. The molecule has 3 heterocycles. The molecule has 2 aromatic heterocycles. The summed E-state index contributed by atoms with van der Waals surface area (Å²) in [6.45, 7) is 0.845. The zero-order valence-electron chi connectivity index (χ0n) is 16.9. The lowest BCUT2D eigenvalue weighted by Crippen LogP contribution is -2.19. The minimum atomic E-state index is -4.97. The molecule has 0 spiro atoms. The first-order valence-corrected chi connectivity index (χ1v) is 10.7. The van der Waals surface area contributed by atoms with Crippen molar-refractivity contribution >= 4 is 30.8 Å².